The molecule has 0 saturated carbocycles. The van der Waals surface area contributed by atoms with Gasteiger partial charge in [0.2, 0.25) is 0 Å². The second-order valence-corrected chi connectivity index (χ2v) is 6.89. The van der Waals surface area contributed by atoms with Crippen LogP contribution in [0, 0.1) is 5.92 Å². The lowest BCUT2D eigenvalue weighted by atomic mass is 9.90. The lowest BCUT2D eigenvalue weighted by molar-refractivity contribution is 0.0691. The summed E-state index contributed by atoms with van der Waals surface area (Å²) < 4.78 is 0. The van der Waals surface area contributed by atoms with Gasteiger partial charge in [-0.05, 0) is 48.9 Å². The molecule has 1 aliphatic rings. The molecule has 4 heteroatoms. The average molecular weight is 348 g/mol. The van der Waals surface area contributed by atoms with Crippen LogP contribution in [0.5, 0.6) is 0 Å². The molecule has 1 aliphatic heterocycles. The molecule has 2 nitrogen and oxygen atoms in total. The molecule has 0 unspecified atom stereocenters. The first-order valence-electron chi connectivity index (χ1n) is 7.92. The van der Waals surface area contributed by atoms with E-state index in [1.807, 2.05) is 11.0 Å². The number of hydrogen-bond acceptors (Lipinski definition) is 1. The second kappa shape index (κ2) is 7.37. The Morgan fingerprint density at radius 1 is 1.04 bits per heavy atom. The van der Waals surface area contributed by atoms with Crippen molar-refractivity contribution in [3.63, 3.8) is 0 Å². The molecule has 0 bridgehead atoms. The Hall–Kier alpha value is -1.51. The quantitative estimate of drug-likeness (QED) is 0.757. The molecule has 1 saturated heterocycles. The van der Waals surface area contributed by atoms with Crippen LogP contribution < -0.4 is 0 Å². The summed E-state index contributed by atoms with van der Waals surface area (Å²) in [6.45, 7) is 1.57. The number of hydrogen-bond donors (Lipinski definition) is 0. The number of nitrogens with zero attached hydrogens (tertiary/aromatic N) is 1. The van der Waals surface area contributed by atoms with Gasteiger partial charge in [0.05, 0.1) is 10.6 Å². The zero-order chi connectivity index (χ0) is 16.2. The van der Waals surface area contributed by atoms with Gasteiger partial charge in [0.15, 0.2) is 0 Å². The van der Waals surface area contributed by atoms with Crippen LogP contribution in [-0.2, 0) is 6.42 Å². The van der Waals surface area contributed by atoms with E-state index < -0.39 is 0 Å². The first-order valence-corrected chi connectivity index (χ1v) is 8.67. The number of benzene rings is 2. The van der Waals surface area contributed by atoms with Gasteiger partial charge in [-0.2, -0.15) is 0 Å². The Bertz CT molecular complexity index is 679. The minimum absolute atomic E-state index is 0.00447. The molecular formula is C19H19Cl2NO. The van der Waals surface area contributed by atoms with Crippen LogP contribution in [0.2, 0.25) is 10.0 Å². The van der Waals surface area contributed by atoms with E-state index in [-0.39, 0.29) is 5.91 Å². The highest BCUT2D eigenvalue weighted by molar-refractivity contribution is 6.36. The van der Waals surface area contributed by atoms with Crippen LogP contribution in [0.15, 0.2) is 48.5 Å². The van der Waals surface area contributed by atoms with Gasteiger partial charge in [-0.15, -0.1) is 0 Å². The molecule has 3 rings (SSSR count). The molecule has 0 spiro atoms. The van der Waals surface area contributed by atoms with Gasteiger partial charge in [-0.3, -0.25) is 4.79 Å². The van der Waals surface area contributed by atoms with Gasteiger partial charge in [0, 0.05) is 18.1 Å². The molecule has 2 aromatic rings. The largest absolute Gasteiger partial charge is 0.339 e. The summed E-state index contributed by atoms with van der Waals surface area (Å²) in [5.74, 6) is 0.645. The van der Waals surface area contributed by atoms with E-state index in [9.17, 15) is 4.79 Å². The molecule has 120 valence electrons. The van der Waals surface area contributed by atoms with Crippen molar-refractivity contribution in [3.8, 4) is 0 Å². The number of likely N-dealkylation sites (tertiary alicyclic amines) is 1. The molecule has 0 radical (unpaired) electrons. The molecule has 1 heterocycles. The molecule has 1 fully saturated rings. The number of rotatable bonds is 3. The molecule has 0 aliphatic carbocycles. The fourth-order valence-electron chi connectivity index (χ4n) is 3.12. The molecule has 2 aromatic carbocycles. The Balaban J connectivity index is 1.59. The minimum atomic E-state index is 0.00447. The molecule has 0 N–H and O–H groups in total. The van der Waals surface area contributed by atoms with E-state index >= 15 is 0 Å². The number of piperidine rings is 1. The zero-order valence-electron chi connectivity index (χ0n) is 12.8. The smallest absolute Gasteiger partial charge is 0.255 e. The van der Waals surface area contributed by atoms with Crippen molar-refractivity contribution in [2.45, 2.75) is 19.3 Å². The standard InChI is InChI=1S/C19H19Cl2NO/c20-16-6-7-17(18(21)13-16)19(23)22-10-8-15(9-11-22)12-14-4-2-1-3-5-14/h1-7,13,15H,8-12H2. The first kappa shape index (κ1) is 16.4. The summed E-state index contributed by atoms with van der Waals surface area (Å²) in [5.41, 5.74) is 1.91. The van der Waals surface area contributed by atoms with E-state index in [1.54, 1.807) is 18.2 Å². The van der Waals surface area contributed by atoms with Crippen molar-refractivity contribution in [1.82, 2.24) is 4.90 Å². The fourth-order valence-corrected chi connectivity index (χ4v) is 3.61. The van der Waals surface area contributed by atoms with Gasteiger partial charge in [-0.25, -0.2) is 0 Å². The maximum atomic E-state index is 12.6. The van der Waals surface area contributed by atoms with Crippen molar-refractivity contribution < 1.29 is 4.79 Å². The van der Waals surface area contributed by atoms with Gasteiger partial charge >= 0.3 is 0 Å². The van der Waals surface area contributed by atoms with E-state index in [4.69, 9.17) is 23.2 Å². The lowest BCUT2D eigenvalue weighted by Crippen LogP contribution is -2.39. The maximum Gasteiger partial charge on any atom is 0.255 e. The third-order valence-electron chi connectivity index (χ3n) is 4.43. The normalized spacial score (nSPS) is 15.7. The van der Waals surface area contributed by atoms with Crippen LogP contribution >= 0.6 is 23.2 Å². The van der Waals surface area contributed by atoms with Crippen molar-refractivity contribution in [2.24, 2.45) is 5.92 Å². The Morgan fingerprint density at radius 3 is 2.39 bits per heavy atom. The second-order valence-electron chi connectivity index (χ2n) is 6.05. The van der Waals surface area contributed by atoms with Crippen LogP contribution in [0.1, 0.15) is 28.8 Å². The predicted molar refractivity (Wildman–Crippen MR) is 95.2 cm³/mol. The van der Waals surface area contributed by atoms with Gasteiger partial charge in [-0.1, -0.05) is 53.5 Å². The topological polar surface area (TPSA) is 20.3 Å². The number of carbonyl (C=O) groups is 1. The number of carbonyl (C=O) groups excluding carboxylic acids is 1. The Kier molecular flexibility index (Phi) is 5.24. The van der Waals surface area contributed by atoms with E-state index in [0.717, 1.165) is 32.4 Å². The number of amides is 1. The van der Waals surface area contributed by atoms with Gasteiger partial charge in [0.25, 0.3) is 5.91 Å². The zero-order valence-corrected chi connectivity index (χ0v) is 14.4. The molecule has 23 heavy (non-hydrogen) atoms. The molecule has 1 amide bonds. The average Bonchev–Trinajstić information content (AvgIpc) is 2.56. The van der Waals surface area contributed by atoms with Crippen molar-refractivity contribution in [3.05, 3.63) is 69.7 Å². The van der Waals surface area contributed by atoms with Gasteiger partial charge in [0.1, 0.15) is 0 Å². The summed E-state index contributed by atoms with van der Waals surface area (Å²) in [7, 11) is 0. The van der Waals surface area contributed by atoms with Crippen LogP contribution in [-0.4, -0.2) is 23.9 Å². The summed E-state index contributed by atoms with van der Waals surface area (Å²) in [5, 5.41) is 0.974. The lowest BCUT2D eigenvalue weighted by Gasteiger charge is -2.32. The monoisotopic (exact) mass is 347 g/mol. The van der Waals surface area contributed by atoms with Crippen molar-refractivity contribution >= 4 is 29.1 Å². The predicted octanol–water partition coefficient (Wildman–Crippen LogP) is 5.09. The van der Waals surface area contributed by atoms with Crippen molar-refractivity contribution in [2.75, 3.05) is 13.1 Å². The summed E-state index contributed by atoms with van der Waals surface area (Å²) >= 11 is 12.0. The molecule has 0 atom stereocenters. The molecule has 0 aromatic heterocycles. The number of halogens is 2. The maximum absolute atomic E-state index is 12.6. The van der Waals surface area contributed by atoms with E-state index in [2.05, 4.69) is 24.3 Å². The van der Waals surface area contributed by atoms with Crippen LogP contribution in [0.3, 0.4) is 0 Å². The SMILES string of the molecule is O=C(c1ccc(Cl)cc1Cl)N1CCC(Cc2ccccc2)CC1. The third kappa shape index (κ3) is 4.07. The highest BCUT2D eigenvalue weighted by Crippen LogP contribution is 2.26. The van der Waals surface area contributed by atoms with E-state index in [0.29, 0.717) is 21.5 Å². The summed E-state index contributed by atoms with van der Waals surface area (Å²) in [4.78, 5) is 14.5. The van der Waals surface area contributed by atoms with Gasteiger partial charge < -0.3 is 4.90 Å². The first-order chi connectivity index (χ1) is 11.1. The highest BCUT2D eigenvalue weighted by Gasteiger charge is 2.25. The van der Waals surface area contributed by atoms with Crippen molar-refractivity contribution in [1.29, 1.82) is 0 Å². The minimum Gasteiger partial charge on any atom is -0.339 e. The van der Waals surface area contributed by atoms with E-state index in [1.165, 1.54) is 5.56 Å². The van der Waals surface area contributed by atoms with Crippen LogP contribution in [0.4, 0.5) is 0 Å². The third-order valence-corrected chi connectivity index (χ3v) is 4.98. The highest BCUT2D eigenvalue weighted by atomic mass is 35.5. The Labute approximate surface area is 147 Å². The summed E-state index contributed by atoms with van der Waals surface area (Å²) in [6.07, 6.45) is 3.16. The van der Waals surface area contributed by atoms with Crippen LogP contribution in [0.25, 0.3) is 0 Å². The molecular weight excluding hydrogens is 329 g/mol. The Morgan fingerprint density at radius 2 is 1.74 bits per heavy atom. The fraction of sp³-hybridized carbons (Fsp3) is 0.316. The summed E-state index contributed by atoms with van der Waals surface area (Å²) in [6, 6.07) is 15.6.